The van der Waals surface area contributed by atoms with Gasteiger partial charge in [0.05, 0.1) is 16.3 Å². The molecule has 0 saturated heterocycles. The zero-order chi connectivity index (χ0) is 23.4. The first-order chi connectivity index (χ1) is 15.8. The van der Waals surface area contributed by atoms with Crippen LogP contribution in [0.25, 0.3) is 5.69 Å². The molecule has 33 heavy (non-hydrogen) atoms. The normalized spacial score (nSPS) is 11.3. The predicted octanol–water partition coefficient (Wildman–Crippen LogP) is 4.48. The van der Waals surface area contributed by atoms with Crippen molar-refractivity contribution in [3.8, 4) is 5.69 Å². The van der Waals surface area contributed by atoms with E-state index in [0.717, 1.165) is 16.8 Å². The third-order valence-electron chi connectivity index (χ3n) is 4.67. The number of anilines is 2. The molecular weight excluding hydrogens is 478 g/mol. The molecule has 2 heterocycles. The van der Waals surface area contributed by atoms with E-state index in [2.05, 4.69) is 38.2 Å². The summed E-state index contributed by atoms with van der Waals surface area (Å²) in [7, 11) is -3.74. The van der Waals surface area contributed by atoms with Crippen LogP contribution in [0.3, 0.4) is 0 Å². The minimum absolute atomic E-state index is 0.0839. The molecule has 2 N–H and O–H groups in total. The lowest BCUT2D eigenvalue weighted by molar-refractivity contribution is -0.113. The van der Waals surface area contributed by atoms with Crippen LogP contribution in [0.15, 0.2) is 76.5 Å². The molecule has 2 aromatic carbocycles. The molecule has 0 aliphatic carbocycles. The molecule has 0 unspecified atom stereocenters. The Balaban J connectivity index is 1.37. The number of carbonyl (C=O) groups is 1. The first kappa shape index (κ1) is 23.0. The molecule has 2 aromatic heterocycles. The quantitative estimate of drug-likeness (QED) is 0.346. The third-order valence-corrected chi connectivity index (χ3v) is 7.81. The summed E-state index contributed by atoms with van der Waals surface area (Å²) in [5.41, 5.74) is 3.79. The smallest absolute Gasteiger partial charge is 0.263 e. The maximum atomic E-state index is 12.5. The third kappa shape index (κ3) is 5.62. The molecule has 0 atom stereocenters. The van der Waals surface area contributed by atoms with Gasteiger partial charge in [0.25, 0.3) is 10.0 Å². The number of aromatic nitrogens is 3. The zero-order valence-corrected chi connectivity index (χ0v) is 20.3. The number of thioether (sulfide) groups is 1. The minimum atomic E-state index is -3.74. The Hall–Kier alpha value is -3.15. The van der Waals surface area contributed by atoms with Crippen molar-refractivity contribution in [3.05, 3.63) is 77.6 Å². The van der Waals surface area contributed by atoms with Crippen LogP contribution in [-0.2, 0) is 14.8 Å². The highest BCUT2D eigenvalue weighted by Crippen LogP contribution is 2.24. The van der Waals surface area contributed by atoms with Crippen LogP contribution in [0.2, 0.25) is 0 Å². The van der Waals surface area contributed by atoms with E-state index in [1.165, 1.54) is 41.4 Å². The molecule has 0 saturated carbocycles. The summed E-state index contributed by atoms with van der Waals surface area (Å²) in [6.07, 6.45) is 5.11. The number of rotatable bonds is 8. The first-order valence-electron chi connectivity index (χ1n) is 9.88. The van der Waals surface area contributed by atoms with E-state index < -0.39 is 10.0 Å². The number of imidazole rings is 1. The number of nitrogens with zero attached hydrogens (tertiary/aromatic N) is 3. The van der Waals surface area contributed by atoms with Gasteiger partial charge < -0.3 is 5.32 Å². The number of carbonyl (C=O) groups excluding carboxylic acids is 1. The van der Waals surface area contributed by atoms with Gasteiger partial charge in [0.15, 0.2) is 10.3 Å². The Bertz CT molecular complexity index is 1360. The van der Waals surface area contributed by atoms with Gasteiger partial charge in [0.2, 0.25) is 5.91 Å². The maximum Gasteiger partial charge on any atom is 0.263 e. The van der Waals surface area contributed by atoms with Crippen molar-refractivity contribution in [3.63, 3.8) is 0 Å². The second-order valence-electron chi connectivity index (χ2n) is 7.17. The van der Waals surface area contributed by atoms with Crippen molar-refractivity contribution in [2.75, 3.05) is 15.8 Å². The molecule has 4 rings (SSSR count). The van der Waals surface area contributed by atoms with Gasteiger partial charge in [-0.05, 0) is 55.3 Å². The van der Waals surface area contributed by atoms with Crippen LogP contribution in [0, 0.1) is 13.8 Å². The fraction of sp³-hybridized carbons (Fsp3) is 0.136. The minimum Gasteiger partial charge on any atom is -0.325 e. The molecule has 0 fully saturated rings. The topological polar surface area (TPSA) is 106 Å². The fourth-order valence-corrected chi connectivity index (χ4v) is 5.61. The average molecular weight is 500 g/mol. The highest BCUT2D eigenvalue weighted by atomic mass is 32.2. The molecule has 4 aromatic rings. The van der Waals surface area contributed by atoms with Gasteiger partial charge in [0.1, 0.15) is 0 Å². The summed E-state index contributed by atoms with van der Waals surface area (Å²) in [6, 6.07) is 12.2. The largest absolute Gasteiger partial charge is 0.325 e. The summed E-state index contributed by atoms with van der Waals surface area (Å²) >= 11 is 2.52. The number of benzene rings is 2. The molecule has 0 aliphatic rings. The lowest BCUT2D eigenvalue weighted by atomic mass is 10.1. The van der Waals surface area contributed by atoms with Gasteiger partial charge in [0, 0.05) is 29.7 Å². The van der Waals surface area contributed by atoms with Gasteiger partial charge >= 0.3 is 0 Å². The summed E-state index contributed by atoms with van der Waals surface area (Å²) in [4.78, 5) is 20.8. The van der Waals surface area contributed by atoms with E-state index >= 15 is 0 Å². The van der Waals surface area contributed by atoms with Crippen LogP contribution in [0.5, 0.6) is 0 Å². The molecule has 8 nitrogen and oxygen atoms in total. The van der Waals surface area contributed by atoms with Gasteiger partial charge in [-0.25, -0.2) is 18.4 Å². The van der Waals surface area contributed by atoms with Crippen LogP contribution in [-0.4, -0.2) is 34.6 Å². The van der Waals surface area contributed by atoms with Crippen molar-refractivity contribution in [1.29, 1.82) is 0 Å². The van der Waals surface area contributed by atoms with Crippen LogP contribution in [0.4, 0.5) is 10.8 Å². The van der Waals surface area contributed by atoms with Crippen molar-refractivity contribution < 1.29 is 13.2 Å². The lowest BCUT2D eigenvalue weighted by Gasteiger charge is -2.11. The van der Waals surface area contributed by atoms with Crippen molar-refractivity contribution in [1.82, 2.24) is 14.5 Å². The second kappa shape index (κ2) is 9.77. The highest BCUT2D eigenvalue weighted by molar-refractivity contribution is 7.99. The SMILES string of the molecule is Cc1ccc(C)c(-n2ccnc2SCC(=O)Nc2ccc(S(=O)(=O)Nc3nccs3)cc2)c1. The van der Waals surface area contributed by atoms with Gasteiger partial charge in [-0.3, -0.25) is 14.1 Å². The molecule has 0 spiro atoms. The molecular formula is C22H21N5O3S3. The molecule has 170 valence electrons. The monoisotopic (exact) mass is 499 g/mol. The highest BCUT2D eigenvalue weighted by Gasteiger charge is 2.16. The zero-order valence-electron chi connectivity index (χ0n) is 17.8. The molecule has 0 radical (unpaired) electrons. The van der Waals surface area contributed by atoms with Gasteiger partial charge in [-0.2, -0.15) is 0 Å². The van der Waals surface area contributed by atoms with Gasteiger partial charge in [-0.15, -0.1) is 11.3 Å². The lowest BCUT2D eigenvalue weighted by Crippen LogP contribution is -2.15. The Morgan fingerprint density at radius 2 is 1.88 bits per heavy atom. The van der Waals surface area contributed by atoms with E-state index in [1.807, 2.05) is 24.6 Å². The predicted molar refractivity (Wildman–Crippen MR) is 132 cm³/mol. The Morgan fingerprint density at radius 1 is 1.09 bits per heavy atom. The van der Waals surface area contributed by atoms with E-state index in [-0.39, 0.29) is 16.6 Å². The summed E-state index contributed by atoms with van der Waals surface area (Å²) in [6.45, 7) is 4.07. The van der Waals surface area contributed by atoms with E-state index in [9.17, 15) is 13.2 Å². The average Bonchev–Trinajstić information content (AvgIpc) is 3.46. The summed E-state index contributed by atoms with van der Waals surface area (Å²) in [5, 5.41) is 5.48. The van der Waals surface area contributed by atoms with Crippen LogP contribution < -0.4 is 10.0 Å². The Labute approximate surface area is 200 Å². The Kier molecular flexibility index (Phi) is 6.82. The number of hydrogen-bond acceptors (Lipinski definition) is 7. The first-order valence-corrected chi connectivity index (χ1v) is 13.2. The van der Waals surface area contributed by atoms with E-state index in [4.69, 9.17) is 0 Å². The van der Waals surface area contributed by atoms with Crippen molar-refractivity contribution in [2.24, 2.45) is 0 Å². The fourth-order valence-electron chi connectivity index (χ4n) is 3.05. The molecule has 0 bridgehead atoms. The number of nitrogens with one attached hydrogen (secondary N) is 2. The molecule has 0 aliphatic heterocycles. The van der Waals surface area contributed by atoms with Crippen molar-refractivity contribution >= 4 is 49.8 Å². The number of thiazole rings is 1. The standard InChI is InChI=1S/C22H21N5O3S3/c1-15-3-4-16(2)19(13-15)27-11-9-24-22(27)32-14-20(28)25-17-5-7-18(8-6-17)33(29,30)26-21-23-10-12-31-21/h3-13H,14H2,1-2H3,(H,23,26)(H,25,28). The number of amides is 1. The molecule has 11 heteroatoms. The maximum absolute atomic E-state index is 12.5. The van der Waals surface area contributed by atoms with Crippen molar-refractivity contribution in [2.45, 2.75) is 23.9 Å². The second-order valence-corrected chi connectivity index (χ2v) is 10.7. The van der Waals surface area contributed by atoms with Crippen LogP contribution >= 0.6 is 23.1 Å². The van der Waals surface area contributed by atoms with E-state index in [1.54, 1.807) is 23.7 Å². The number of aryl methyl sites for hydroxylation is 2. The van der Waals surface area contributed by atoms with E-state index in [0.29, 0.717) is 16.0 Å². The number of sulfonamides is 1. The number of hydrogen-bond donors (Lipinski definition) is 2. The summed E-state index contributed by atoms with van der Waals surface area (Å²) < 4.78 is 29.2. The van der Waals surface area contributed by atoms with Crippen LogP contribution in [0.1, 0.15) is 11.1 Å². The Morgan fingerprint density at radius 3 is 2.61 bits per heavy atom. The molecule has 1 amide bonds. The van der Waals surface area contributed by atoms with Gasteiger partial charge in [-0.1, -0.05) is 23.9 Å². The summed E-state index contributed by atoms with van der Waals surface area (Å²) in [5.74, 6) is -0.0555.